The second-order valence-corrected chi connectivity index (χ2v) is 9.24. The summed E-state index contributed by atoms with van der Waals surface area (Å²) in [6.07, 6.45) is 0. The van der Waals surface area contributed by atoms with Gasteiger partial charge in [0.15, 0.2) is 0 Å². The van der Waals surface area contributed by atoms with E-state index in [0.29, 0.717) is 0 Å². The molecule has 0 fully saturated rings. The van der Waals surface area contributed by atoms with Crippen LogP contribution in [-0.2, 0) is 9.47 Å². The van der Waals surface area contributed by atoms with E-state index in [0.717, 1.165) is 0 Å². The average Bonchev–Trinajstić information content (AvgIpc) is 3.44. The zero-order valence-electron chi connectivity index (χ0n) is 21.5. The fraction of sp³-hybridized carbons (Fsp3) is 0. The lowest BCUT2D eigenvalue weighted by atomic mass is 10.1. The molecule has 0 atom stereocenters. The van der Waals surface area contributed by atoms with Crippen molar-refractivity contribution in [3.8, 4) is 23.0 Å². The van der Waals surface area contributed by atoms with Crippen molar-refractivity contribution in [2.45, 2.75) is 0 Å². The third-order valence-electron chi connectivity index (χ3n) is 6.48. The Kier molecular flexibility index (Phi) is 6.31. The number of anilines is 2. The van der Waals surface area contributed by atoms with Crippen LogP contribution in [0.5, 0.6) is 23.0 Å². The maximum atomic E-state index is 12.8. The van der Waals surface area contributed by atoms with E-state index in [-0.39, 0.29) is 67.8 Å². The molecule has 0 radical (unpaired) electrons. The first-order valence-corrected chi connectivity index (χ1v) is 12.3. The SMILES string of the molecule is O=C(Nc1cc(Oc2ccc(O)c(NC(=O)c3ccc4c(c3)C(=O)OC4=O)c2)ccc1O)c1ccc2c(c1)C(=O)OC2=O. The van der Waals surface area contributed by atoms with Gasteiger partial charge in [0, 0.05) is 23.3 Å². The molecule has 4 aromatic rings. The maximum absolute atomic E-state index is 12.8. The molecular formula is C30H16N2O11. The highest BCUT2D eigenvalue weighted by atomic mass is 16.6. The first-order valence-electron chi connectivity index (χ1n) is 12.3. The van der Waals surface area contributed by atoms with Crippen molar-refractivity contribution >= 4 is 47.1 Å². The van der Waals surface area contributed by atoms with E-state index in [2.05, 4.69) is 20.1 Å². The van der Waals surface area contributed by atoms with Gasteiger partial charge in [0.25, 0.3) is 11.8 Å². The van der Waals surface area contributed by atoms with Gasteiger partial charge in [0.2, 0.25) is 0 Å². The van der Waals surface area contributed by atoms with E-state index in [1.165, 1.54) is 72.8 Å². The minimum atomic E-state index is -0.870. The van der Waals surface area contributed by atoms with Crippen LogP contribution in [0.15, 0.2) is 72.8 Å². The number of aromatic hydroxyl groups is 2. The van der Waals surface area contributed by atoms with Crippen LogP contribution in [0.1, 0.15) is 62.1 Å². The number of rotatable bonds is 6. The molecule has 0 bridgehead atoms. The first kappa shape index (κ1) is 26.7. The standard InChI is InChI=1S/C30H16N2O11/c33-23-7-3-15(11-21(23)31-25(35)13-1-5-17-19(9-13)29(39)42-27(17)37)41-16-4-8-24(34)22(12-16)32-26(36)14-2-6-18-20(10-14)30(40)43-28(18)38/h1-12,33-34H,(H,31,35)(H,32,36). The van der Waals surface area contributed by atoms with Crippen LogP contribution >= 0.6 is 0 Å². The molecule has 0 unspecified atom stereocenters. The number of carbonyl (C=O) groups is 6. The third-order valence-corrected chi connectivity index (χ3v) is 6.48. The number of nitrogens with one attached hydrogen (secondary N) is 2. The van der Waals surface area contributed by atoms with Crippen LogP contribution in [0.4, 0.5) is 11.4 Å². The quantitative estimate of drug-likeness (QED) is 0.146. The highest BCUT2D eigenvalue weighted by Gasteiger charge is 2.31. The van der Waals surface area contributed by atoms with Crippen LogP contribution in [0.3, 0.4) is 0 Å². The van der Waals surface area contributed by atoms with Gasteiger partial charge in [-0.1, -0.05) is 0 Å². The molecule has 2 aliphatic heterocycles. The molecule has 4 N–H and O–H groups in total. The predicted octanol–water partition coefficient (Wildman–Crippen LogP) is 4.02. The molecule has 0 spiro atoms. The number of ether oxygens (including phenoxy) is 3. The van der Waals surface area contributed by atoms with Crippen molar-refractivity contribution in [2.24, 2.45) is 0 Å². The van der Waals surface area contributed by atoms with Crippen molar-refractivity contribution in [1.29, 1.82) is 0 Å². The number of hydrogen-bond donors (Lipinski definition) is 4. The lowest BCUT2D eigenvalue weighted by Crippen LogP contribution is -2.13. The molecule has 13 heteroatoms. The zero-order valence-corrected chi connectivity index (χ0v) is 21.5. The monoisotopic (exact) mass is 580 g/mol. The third kappa shape index (κ3) is 4.97. The zero-order chi connectivity index (χ0) is 30.4. The number of phenols is 2. The predicted molar refractivity (Wildman–Crippen MR) is 145 cm³/mol. The summed E-state index contributed by atoms with van der Waals surface area (Å²) < 4.78 is 14.8. The molecule has 0 saturated carbocycles. The van der Waals surface area contributed by atoms with Gasteiger partial charge in [-0.2, -0.15) is 0 Å². The van der Waals surface area contributed by atoms with Crippen LogP contribution in [0, 0.1) is 0 Å². The Bertz CT molecular complexity index is 1810. The summed E-state index contributed by atoms with van der Waals surface area (Å²) in [5.41, 5.74) is -0.0460. The van der Waals surface area contributed by atoms with Crippen molar-refractivity contribution in [3.63, 3.8) is 0 Å². The van der Waals surface area contributed by atoms with Crippen LogP contribution in [0.2, 0.25) is 0 Å². The largest absolute Gasteiger partial charge is 0.506 e. The number of phenolic OH excluding ortho intramolecular Hbond substituents is 2. The molecule has 2 amide bonds. The molecule has 0 aromatic heterocycles. The van der Waals surface area contributed by atoms with Gasteiger partial charge in [-0.25, -0.2) is 19.2 Å². The lowest BCUT2D eigenvalue weighted by molar-refractivity contribution is 0.0425. The summed E-state index contributed by atoms with van der Waals surface area (Å²) >= 11 is 0. The molecule has 13 nitrogen and oxygen atoms in total. The topological polar surface area (TPSA) is 195 Å². The van der Waals surface area contributed by atoms with Gasteiger partial charge in [-0.05, 0) is 60.7 Å². The fourth-order valence-electron chi connectivity index (χ4n) is 4.34. The van der Waals surface area contributed by atoms with Gasteiger partial charge in [-0.3, -0.25) is 9.59 Å². The van der Waals surface area contributed by atoms with Gasteiger partial charge in [0.1, 0.15) is 23.0 Å². The Morgan fingerprint density at radius 2 is 0.930 bits per heavy atom. The Morgan fingerprint density at radius 3 is 1.35 bits per heavy atom. The Labute approximate surface area is 240 Å². The number of cyclic esters (lactones) is 4. The highest BCUT2D eigenvalue weighted by molar-refractivity contribution is 6.17. The molecule has 4 aromatic carbocycles. The molecule has 2 heterocycles. The minimum absolute atomic E-state index is 0.0295. The number of hydrogen-bond acceptors (Lipinski definition) is 11. The van der Waals surface area contributed by atoms with Crippen LogP contribution < -0.4 is 15.4 Å². The van der Waals surface area contributed by atoms with Crippen molar-refractivity contribution in [1.82, 2.24) is 0 Å². The summed E-state index contributed by atoms with van der Waals surface area (Å²) in [7, 11) is 0. The minimum Gasteiger partial charge on any atom is -0.506 e. The van der Waals surface area contributed by atoms with Crippen LogP contribution in [0.25, 0.3) is 0 Å². The van der Waals surface area contributed by atoms with Crippen LogP contribution in [-0.4, -0.2) is 45.9 Å². The highest BCUT2D eigenvalue weighted by Crippen LogP contribution is 2.35. The van der Waals surface area contributed by atoms with Gasteiger partial charge < -0.3 is 35.1 Å². The second-order valence-electron chi connectivity index (χ2n) is 9.24. The lowest BCUT2D eigenvalue weighted by Gasteiger charge is -2.13. The summed E-state index contributed by atoms with van der Waals surface area (Å²) in [6.45, 7) is 0. The Hall–Kier alpha value is -6.50. The first-order chi connectivity index (χ1) is 20.6. The Balaban J connectivity index is 1.18. The average molecular weight is 580 g/mol. The van der Waals surface area contributed by atoms with E-state index >= 15 is 0 Å². The second kappa shape index (κ2) is 10.2. The molecule has 2 aliphatic rings. The normalized spacial score (nSPS) is 13.1. The van der Waals surface area contributed by atoms with E-state index < -0.39 is 35.7 Å². The van der Waals surface area contributed by atoms with Gasteiger partial charge in [0.05, 0.1) is 33.6 Å². The fourth-order valence-corrected chi connectivity index (χ4v) is 4.34. The molecule has 212 valence electrons. The number of carbonyl (C=O) groups excluding carboxylic acids is 6. The smallest absolute Gasteiger partial charge is 0.346 e. The number of amides is 2. The summed E-state index contributed by atoms with van der Waals surface area (Å²) in [4.78, 5) is 72.6. The van der Waals surface area contributed by atoms with E-state index in [1.54, 1.807) is 0 Å². The van der Waals surface area contributed by atoms with E-state index in [1.807, 2.05) is 0 Å². The molecule has 0 aliphatic carbocycles. The Morgan fingerprint density at radius 1 is 0.535 bits per heavy atom. The number of benzene rings is 4. The molecule has 0 saturated heterocycles. The molecule has 6 rings (SSSR count). The number of fused-ring (bicyclic) bond motifs is 2. The van der Waals surface area contributed by atoms with Crippen molar-refractivity contribution < 1.29 is 53.2 Å². The summed E-state index contributed by atoms with van der Waals surface area (Å²) in [6, 6.07) is 15.6. The molecule has 43 heavy (non-hydrogen) atoms. The summed E-state index contributed by atoms with van der Waals surface area (Å²) in [5.74, 6) is -5.02. The maximum Gasteiger partial charge on any atom is 0.346 e. The summed E-state index contributed by atoms with van der Waals surface area (Å²) in [5, 5.41) is 25.6. The van der Waals surface area contributed by atoms with E-state index in [4.69, 9.17) is 4.74 Å². The van der Waals surface area contributed by atoms with Crippen molar-refractivity contribution in [2.75, 3.05) is 10.6 Å². The van der Waals surface area contributed by atoms with Crippen molar-refractivity contribution in [3.05, 3.63) is 106 Å². The van der Waals surface area contributed by atoms with Gasteiger partial charge in [-0.15, -0.1) is 0 Å². The van der Waals surface area contributed by atoms with E-state index in [9.17, 15) is 39.0 Å². The molecular weight excluding hydrogens is 564 g/mol. The van der Waals surface area contributed by atoms with Gasteiger partial charge >= 0.3 is 23.9 Å². The number of esters is 4.